The maximum Gasteiger partial charge on any atom is 0.226 e. The molecule has 0 spiro atoms. The molecule has 1 saturated heterocycles. The number of hydrogen-bond acceptors (Lipinski definition) is 4. The van der Waals surface area contributed by atoms with Crippen molar-refractivity contribution in [3.63, 3.8) is 0 Å². The van der Waals surface area contributed by atoms with Crippen LogP contribution in [0.1, 0.15) is 33.1 Å². The molecule has 0 bridgehead atoms. The molecule has 6 nitrogen and oxygen atoms in total. The summed E-state index contributed by atoms with van der Waals surface area (Å²) in [4.78, 5) is 19.5. The molecule has 6 heteroatoms. The summed E-state index contributed by atoms with van der Waals surface area (Å²) < 4.78 is 2.14. The normalized spacial score (nSPS) is 17.3. The zero-order valence-electron chi connectivity index (χ0n) is 16.0. The second-order valence-electron chi connectivity index (χ2n) is 7.05. The van der Waals surface area contributed by atoms with E-state index in [-0.39, 0.29) is 5.91 Å². The van der Waals surface area contributed by atoms with E-state index in [1.54, 1.807) is 0 Å². The third kappa shape index (κ3) is 4.62. The molecule has 1 aliphatic rings. The van der Waals surface area contributed by atoms with Crippen LogP contribution in [0.4, 0.5) is 5.95 Å². The van der Waals surface area contributed by atoms with Gasteiger partial charge in [0.2, 0.25) is 11.9 Å². The number of nitrogens with zero attached hydrogens (tertiary/aromatic N) is 3. The van der Waals surface area contributed by atoms with Crippen molar-refractivity contribution >= 4 is 22.9 Å². The number of rotatable bonds is 9. The Morgan fingerprint density at radius 2 is 2.15 bits per heavy atom. The molecule has 0 unspecified atom stereocenters. The molecule has 1 aromatic heterocycles. The molecule has 1 fully saturated rings. The van der Waals surface area contributed by atoms with E-state index in [4.69, 9.17) is 0 Å². The lowest BCUT2D eigenvalue weighted by atomic mass is 10.0. The van der Waals surface area contributed by atoms with Crippen LogP contribution in [0, 0.1) is 5.92 Å². The monoisotopic (exact) mass is 357 g/mol. The molecule has 26 heavy (non-hydrogen) atoms. The summed E-state index contributed by atoms with van der Waals surface area (Å²) in [5.74, 6) is 1.37. The Balaban J connectivity index is 1.69. The maximum absolute atomic E-state index is 12.5. The zero-order valence-corrected chi connectivity index (χ0v) is 16.0. The first-order chi connectivity index (χ1) is 12.7. The fourth-order valence-corrected chi connectivity index (χ4v) is 3.66. The molecule has 1 atom stereocenters. The average Bonchev–Trinajstić information content (AvgIpc) is 3.29. The maximum atomic E-state index is 12.5. The number of hydrogen-bond donors (Lipinski definition) is 2. The predicted octanol–water partition coefficient (Wildman–Crippen LogP) is 2.71. The highest BCUT2D eigenvalue weighted by Gasteiger charge is 2.17. The Labute approximate surface area is 156 Å². The SMILES string of the molecule is CCN(CC)CCn1c(NC(=O)CC[C@@H]2CCNC2)nc2ccccc21. The highest BCUT2D eigenvalue weighted by Crippen LogP contribution is 2.21. The van der Waals surface area contributed by atoms with Crippen LogP contribution in [-0.2, 0) is 11.3 Å². The number of anilines is 1. The molecule has 2 N–H and O–H groups in total. The van der Waals surface area contributed by atoms with Crippen molar-refractivity contribution < 1.29 is 4.79 Å². The fourth-order valence-electron chi connectivity index (χ4n) is 3.66. The van der Waals surface area contributed by atoms with E-state index in [0.717, 1.165) is 56.7 Å². The van der Waals surface area contributed by atoms with Gasteiger partial charge < -0.3 is 14.8 Å². The number of carbonyl (C=O) groups is 1. The van der Waals surface area contributed by atoms with Crippen molar-refractivity contribution in [2.75, 3.05) is 38.0 Å². The van der Waals surface area contributed by atoms with Gasteiger partial charge >= 0.3 is 0 Å². The Morgan fingerprint density at radius 1 is 1.35 bits per heavy atom. The molecular weight excluding hydrogens is 326 g/mol. The van der Waals surface area contributed by atoms with Crippen LogP contribution in [0.5, 0.6) is 0 Å². The number of carbonyl (C=O) groups excluding carboxylic acids is 1. The summed E-state index contributed by atoms with van der Waals surface area (Å²) in [6, 6.07) is 8.09. The quantitative estimate of drug-likeness (QED) is 0.724. The number of imidazole rings is 1. The van der Waals surface area contributed by atoms with E-state index in [1.807, 2.05) is 18.2 Å². The van der Waals surface area contributed by atoms with Gasteiger partial charge in [-0.15, -0.1) is 0 Å². The first-order valence-electron chi connectivity index (χ1n) is 9.89. The lowest BCUT2D eigenvalue weighted by Crippen LogP contribution is -2.27. The van der Waals surface area contributed by atoms with Crippen molar-refractivity contribution in [2.45, 2.75) is 39.7 Å². The van der Waals surface area contributed by atoms with Crippen molar-refractivity contribution in [3.05, 3.63) is 24.3 Å². The molecule has 2 aromatic rings. The molecule has 1 aromatic carbocycles. The van der Waals surface area contributed by atoms with E-state index in [9.17, 15) is 4.79 Å². The molecule has 142 valence electrons. The lowest BCUT2D eigenvalue weighted by molar-refractivity contribution is -0.116. The number of likely N-dealkylation sites (N-methyl/N-ethyl adjacent to an activating group) is 1. The molecule has 1 aliphatic heterocycles. The first-order valence-corrected chi connectivity index (χ1v) is 9.89. The molecule has 2 heterocycles. The highest BCUT2D eigenvalue weighted by molar-refractivity contribution is 5.91. The van der Waals surface area contributed by atoms with E-state index in [1.165, 1.54) is 6.42 Å². The minimum Gasteiger partial charge on any atom is -0.316 e. The minimum absolute atomic E-state index is 0.0660. The highest BCUT2D eigenvalue weighted by atomic mass is 16.1. The van der Waals surface area contributed by atoms with Gasteiger partial charge in [0.25, 0.3) is 0 Å². The second kappa shape index (κ2) is 9.14. The number of aromatic nitrogens is 2. The predicted molar refractivity (Wildman–Crippen MR) is 106 cm³/mol. The number of amides is 1. The van der Waals surface area contributed by atoms with Crippen molar-refractivity contribution in [3.8, 4) is 0 Å². The fraction of sp³-hybridized carbons (Fsp3) is 0.600. The van der Waals surface area contributed by atoms with Gasteiger partial charge in [0.15, 0.2) is 0 Å². The Hall–Kier alpha value is -1.92. The van der Waals surface area contributed by atoms with Crippen LogP contribution in [0.2, 0.25) is 0 Å². The molecule has 3 rings (SSSR count). The van der Waals surface area contributed by atoms with Crippen molar-refractivity contribution in [1.82, 2.24) is 19.8 Å². The number of para-hydroxylation sites is 2. The van der Waals surface area contributed by atoms with E-state index in [2.05, 4.69) is 45.0 Å². The number of nitrogens with one attached hydrogen (secondary N) is 2. The smallest absolute Gasteiger partial charge is 0.226 e. The third-order valence-electron chi connectivity index (χ3n) is 5.38. The summed E-state index contributed by atoms with van der Waals surface area (Å²) >= 11 is 0. The Bertz CT molecular complexity index is 716. The van der Waals surface area contributed by atoms with Crippen molar-refractivity contribution in [2.24, 2.45) is 5.92 Å². The van der Waals surface area contributed by atoms with E-state index in [0.29, 0.717) is 18.3 Å². The van der Waals surface area contributed by atoms with E-state index < -0.39 is 0 Å². The molecule has 1 amide bonds. The van der Waals surface area contributed by atoms with Gasteiger partial charge in [-0.1, -0.05) is 26.0 Å². The minimum atomic E-state index is 0.0660. The Kier molecular flexibility index (Phi) is 6.63. The molecule has 0 saturated carbocycles. The summed E-state index contributed by atoms with van der Waals surface area (Å²) in [6.07, 6.45) is 2.68. The molecule has 0 aliphatic carbocycles. The van der Waals surface area contributed by atoms with Crippen LogP contribution < -0.4 is 10.6 Å². The van der Waals surface area contributed by atoms with Gasteiger partial charge in [-0.3, -0.25) is 10.1 Å². The number of fused-ring (bicyclic) bond motifs is 1. The first kappa shape index (κ1) is 18.9. The third-order valence-corrected chi connectivity index (χ3v) is 5.38. The number of benzene rings is 1. The lowest BCUT2D eigenvalue weighted by Gasteiger charge is -2.19. The van der Waals surface area contributed by atoms with Crippen molar-refractivity contribution in [1.29, 1.82) is 0 Å². The van der Waals surface area contributed by atoms with Gasteiger partial charge in [-0.05, 0) is 57.1 Å². The molecule has 0 radical (unpaired) electrons. The van der Waals surface area contributed by atoms with Crippen LogP contribution >= 0.6 is 0 Å². The largest absolute Gasteiger partial charge is 0.316 e. The summed E-state index contributed by atoms with van der Waals surface area (Å²) in [7, 11) is 0. The zero-order chi connectivity index (χ0) is 18.4. The van der Waals surface area contributed by atoms with Gasteiger partial charge in [-0.2, -0.15) is 0 Å². The Morgan fingerprint density at radius 3 is 2.88 bits per heavy atom. The second-order valence-corrected chi connectivity index (χ2v) is 7.05. The van der Waals surface area contributed by atoms with Gasteiger partial charge in [0.1, 0.15) is 0 Å². The average molecular weight is 358 g/mol. The summed E-state index contributed by atoms with van der Waals surface area (Å²) in [5, 5.41) is 6.42. The van der Waals surface area contributed by atoms with Gasteiger partial charge in [0.05, 0.1) is 11.0 Å². The van der Waals surface area contributed by atoms with E-state index >= 15 is 0 Å². The van der Waals surface area contributed by atoms with Crippen LogP contribution in [-0.4, -0.2) is 53.1 Å². The molecular formula is C20H31N5O. The summed E-state index contributed by atoms with van der Waals surface area (Å²) in [5.41, 5.74) is 2.01. The topological polar surface area (TPSA) is 62.2 Å². The van der Waals surface area contributed by atoms with Crippen LogP contribution in [0.15, 0.2) is 24.3 Å². The van der Waals surface area contributed by atoms with Crippen LogP contribution in [0.25, 0.3) is 11.0 Å². The summed E-state index contributed by atoms with van der Waals surface area (Å²) in [6.45, 7) is 10.3. The van der Waals surface area contributed by atoms with Crippen LogP contribution in [0.3, 0.4) is 0 Å². The van der Waals surface area contributed by atoms with Gasteiger partial charge in [-0.25, -0.2) is 4.98 Å². The van der Waals surface area contributed by atoms with Gasteiger partial charge in [0, 0.05) is 19.5 Å². The standard InChI is InChI=1S/C20H31N5O/c1-3-24(4-2)13-14-25-18-8-6-5-7-17(18)22-20(25)23-19(26)10-9-16-11-12-21-15-16/h5-8,16,21H,3-4,9-15H2,1-2H3,(H,22,23,26)/t16-/m1/s1.